The van der Waals surface area contributed by atoms with Crippen molar-refractivity contribution < 1.29 is 14.3 Å². The summed E-state index contributed by atoms with van der Waals surface area (Å²) in [5.74, 6) is 1.24. The maximum absolute atomic E-state index is 12.8. The molecule has 7 nitrogen and oxygen atoms in total. The van der Waals surface area contributed by atoms with Crippen LogP contribution >= 0.6 is 0 Å². The third kappa shape index (κ3) is 3.42. The molecule has 0 bridgehead atoms. The number of aromatic nitrogens is 2. The number of rotatable bonds is 4. The van der Waals surface area contributed by atoms with Crippen molar-refractivity contribution in [1.29, 1.82) is 0 Å². The fourth-order valence-corrected chi connectivity index (χ4v) is 4.22. The number of fused-ring (bicyclic) bond motifs is 1. The van der Waals surface area contributed by atoms with Gasteiger partial charge in [-0.1, -0.05) is 0 Å². The normalized spacial score (nSPS) is 22.3. The minimum Gasteiger partial charge on any atom is -0.378 e. The molecule has 3 aliphatic rings. The SMILES string of the molecule is COC1(CC(=O)N2CCc3ncnc(N4CCOCC4)c3CC2)CCC1. The second kappa shape index (κ2) is 7.48. The van der Waals surface area contributed by atoms with Gasteiger partial charge in [0.25, 0.3) is 0 Å². The fourth-order valence-electron chi connectivity index (χ4n) is 4.22. The van der Waals surface area contributed by atoms with E-state index in [0.717, 1.165) is 83.0 Å². The molecule has 0 radical (unpaired) electrons. The Morgan fingerprint density at radius 1 is 1.19 bits per heavy atom. The standard InChI is InChI=1S/C19H28N4O3/c1-25-19(5-2-6-19)13-17(24)22-7-3-15-16(4-8-22)20-14-21-18(15)23-9-11-26-12-10-23/h14H,2-13H2,1H3. The minimum atomic E-state index is -0.213. The number of hydrogen-bond donors (Lipinski definition) is 0. The van der Waals surface area contributed by atoms with Crippen molar-refractivity contribution in [3.8, 4) is 0 Å². The molecule has 1 aliphatic carbocycles. The van der Waals surface area contributed by atoms with E-state index in [1.165, 1.54) is 5.56 Å². The number of carbonyl (C=O) groups is 1. The van der Waals surface area contributed by atoms with E-state index in [2.05, 4.69) is 14.9 Å². The van der Waals surface area contributed by atoms with Crippen molar-refractivity contribution in [3.63, 3.8) is 0 Å². The molecule has 1 aromatic rings. The highest BCUT2D eigenvalue weighted by molar-refractivity contribution is 5.77. The van der Waals surface area contributed by atoms with Gasteiger partial charge in [0.1, 0.15) is 12.1 Å². The van der Waals surface area contributed by atoms with Gasteiger partial charge in [-0.25, -0.2) is 9.97 Å². The Kier molecular flexibility index (Phi) is 5.09. The predicted octanol–water partition coefficient (Wildman–Crippen LogP) is 1.20. The summed E-state index contributed by atoms with van der Waals surface area (Å²) in [4.78, 5) is 26.2. The van der Waals surface area contributed by atoms with Crippen molar-refractivity contribution in [3.05, 3.63) is 17.6 Å². The molecule has 1 amide bonds. The van der Waals surface area contributed by atoms with Gasteiger partial charge in [0.15, 0.2) is 0 Å². The van der Waals surface area contributed by atoms with E-state index in [4.69, 9.17) is 9.47 Å². The summed E-state index contributed by atoms with van der Waals surface area (Å²) < 4.78 is 11.1. The van der Waals surface area contributed by atoms with Gasteiger partial charge in [-0.05, 0) is 25.7 Å². The molecule has 0 atom stereocenters. The number of methoxy groups -OCH3 is 1. The van der Waals surface area contributed by atoms with Crippen molar-refractivity contribution in [2.45, 2.75) is 44.1 Å². The van der Waals surface area contributed by atoms with Gasteiger partial charge < -0.3 is 19.3 Å². The quantitative estimate of drug-likeness (QED) is 0.804. The van der Waals surface area contributed by atoms with Gasteiger partial charge in [-0.15, -0.1) is 0 Å². The molecule has 3 heterocycles. The molecule has 1 saturated heterocycles. The Bertz CT molecular complexity index is 651. The van der Waals surface area contributed by atoms with Gasteiger partial charge in [0.2, 0.25) is 5.91 Å². The Labute approximate surface area is 154 Å². The first-order valence-electron chi connectivity index (χ1n) is 9.69. The molecule has 7 heteroatoms. The molecule has 4 rings (SSSR count). The highest BCUT2D eigenvalue weighted by Gasteiger charge is 2.40. The van der Waals surface area contributed by atoms with Crippen LogP contribution in [-0.2, 0) is 27.1 Å². The molecule has 1 aromatic heterocycles. The van der Waals surface area contributed by atoms with Gasteiger partial charge in [0.05, 0.1) is 30.9 Å². The second-order valence-corrected chi connectivity index (χ2v) is 7.52. The van der Waals surface area contributed by atoms with E-state index in [9.17, 15) is 4.79 Å². The molecule has 0 aromatic carbocycles. The van der Waals surface area contributed by atoms with Crippen LogP contribution in [0.15, 0.2) is 6.33 Å². The molecule has 0 N–H and O–H groups in total. The molecule has 0 unspecified atom stereocenters. The molecule has 0 spiro atoms. The number of amides is 1. The van der Waals surface area contributed by atoms with Crippen LogP contribution in [0.4, 0.5) is 5.82 Å². The average Bonchev–Trinajstić information content (AvgIpc) is 2.88. The van der Waals surface area contributed by atoms with Gasteiger partial charge in [0, 0.05) is 45.3 Å². The average molecular weight is 360 g/mol. The first-order chi connectivity index (χ1) is 12.7. The van der Waals surface area contributed by atoms with Crippen molar-refractivity contribution >= 4 is 11.7 Å². The van der Waals surface area contributed by atoms with Crippen LogP contribution in [0.5, 0.6) is 0 Å². The first kappa shape index (κ1) is 17.7. The van der Waals surface area contributed by atoms with Crippen molar-refractivity contribution in [1.82, 2.24) is 14.9 Å². The predicted molar refractivity (Wildman–Crippen MR) is 97.3 cm³/mol. The fraction of sp³-hybridized carbons (Fsp3) is 0.737. The van der Waals surface area contributed by atoms with Crippen LogP contribution in [0, 0.1) is 0 Å². The zero-order chi connectivity index (χ0) is 18.0. The van der Waals surface area contributed by atoms with Crippen LogP contribution in [-0.4, -0.2) is 72.9 Å². The molecule has 1 saturated carbocycles. The maximum Gasteiger partial charge on any atom is 0.225 e. The van der Waals surface area contributed by atoms with Gasteiger partial charge in [-0.3, -0.25) is 4.79 Å². The van der Waals surface area contributed by atoms with Gasteiger partial charge >= 0.3 is 0 Å². The summed E-state index contributed by atoms with van der Waals surface area (Å²) in [6.45, 7) is 4.66. The van der Waals surface area contributed by atoms with E-state index in [0.29, 0.717) is 6.42 Å². The molecule has 26 heavy (non-hydrogen) atoms. The molecular weight excluding hydrogens is 332 g/mol. The van der Waals surface area contributed by atoms with E-state index >= 15 is 0 Å². The lowest BCUT2D eigenvalue weighted by Gasteiger charge is -2.41. The lowest BCUT2D eigenvalue weighted by Crippen LogP contribution is -2.45. The number of anilines is 1. The minimum absolute atomic E-state index is 0.209. The summed E-state index contributed by atoms with van der Waals surface area (Å²) >= 11 is 0. The first-order valence-corrected chi connectivity index (χ1v) is 9.69. The highest BCUT2D eigenvalue weighted by atomic mass is 16.5. The number of carbonyl (C=O) groups excluding carboxylic acids is 1. The van der Waals surface area contributed by atoms with Crippen LogP contribution < -0.4 is 4.90 Å². The molecule has 2 fully saturated rings. The topological polar surface area (TPSA) is 67.8 Å². The second-order valence-electron chi connectivity index (χ2n) is 7.52. The molecular formula is C19H28N4O3. The number of morpholine rings is 1. The van der Waals surface area contributed by atoms with Crippen LogP contribution in [0.2, 0.25) is 0 Å². The Hall–Kier alpha value is -1.73. The maximum atomic E-state index is 12.8. The van der Waals surface area contributed by atoms with Crippen LogP contribution in [0.25, 0.3) is 0 Å². The van der Waals surface area contributed by atoms with Crippen LogP contribution in [0.3, 0.4) is 0 Å². The molecule has 142 valence electrons. The highest BCUT2D eigenvalue weighted by Crippen LogP contribution is 2.38. The third-order valence-electron chi connectivity index (χ3n) is 6.10. The zero-order valence-corrected chi connectivity index (χ0v) is 15.6. The monoisotopic (exact) mass is 360 g/mol. The summed E-state index contributed by atoms with van der Waals surface area (Å²) in [5, 5.41) is 0. The lowest BCUT2D eigenvalue weighted by atomic mass is 9.77. The Balaban J connectivity index is 1.46. The largest absolute Gasteiger partial charge is 0.378 e. The zero-order valence-electron chi connectivity index (χ0n) is 15.6. The smallest absolute Gasteiger partial charge is 0.225 e. The summed E-state index contributed by atoms with van der Waals surface area (Å²) in [6, 6.07) is 0. The summed E-state index contributed by atoms with van der Waals surface area (Å²) in [7, 11) is 1.73. The van der Waals surface area contributed by atoms with Crippen molar-refractivity contribution in [2.24, 2.45) is 0 Å². The third-order valence-corrected chi connectivity index (χ3v) is 6.10. The van der Waals surface area contributed by atoms with Crippen molar-refractivity contribution in [2.75, 3.05) is 51.4 Å². The number of nitrogens with zero attached hydrogens (tertiary/aromatic N) is 4. The summed E-state index contributed by atoms with van der Waals surface area (Å²) in [6.07, 6.45) is 6.92. The lowest BCUT2D eigenvalue weighted by molar-refractivity contribution is -0.144. The number of ether oxygens (including phenoxy) is 2. The van der Waals surface area contributed by atoms with E-state index in [1.807, 2.05) is 4.90 Å². The Morgan fingerprint density at radius 2 is 1.96 bits per heavy atom. The van der Waals surface area contributed by atoms with Gasteiger partial charge in [-0.2, -0.15) is 0 Å². The Morgan fingerprint density at radius 3 is 2.65 bits per heavy atom. The van der Waals surface area contributed by atoms with E-state index in [-0.39, 0.29) is 11.5 Å². The summed E-state index contributed by atoms with van der Waals surface area (Å²) in [5.41, 5.74) is 2.08. The van der Waals surface area contributed by atoms with Crippen LogP contribution in [0.1, 0.15) is 36.9 Å². The molecule has 2 aliphatic heterocycles. The number of hydrogen-bond acceptors (Lipinski definition) is 6. The van der Waals surface area contributed by atoms with E-state index in [1.54, 1.807) is 13.4 Å². The van der Waals surface area contributed by atoms with E-state index < -0.39 is 0 Å².